The van der Waals surface area contributed by atoms with E-state index in [9.17, 15) is 0 Å². The van der Waals surface area contributed by atoms with E-state index in [-0.39, 0.29) is 0 Å². The Bertz CT molecular complexity index is 629. The van der Waals surface area contributed by atoms with Crippen LogP contribution in [0.4, 0.5) is 5.69 Å². The summed E-state index contributed by atoms with van der Waals surface area (Å²) in [5.41, 5.74) is 7.54. The van der Waals surface area contributed by atoms with E-state index in [2.05, 4.69) is 47.8 Å². The number of hydrogen-bond acceptors (Lipinski definition) is 1. The van der Waals surface area contributed by atoms with Crippen LogP contribution in [0.3, 0.4) is 0 Å². The van der Waals surface area contributed by atoms with Gasteiger partial charge in [-0.05, 0) is 66.3 Å². The van der Waals surface area contributed by atoms with E-state index >= 15 is 0 Å². The number of hydrogen-bond donors (Lipinski definition) is 1. The maximum Gasteiger partial charge on any atom is 0.0375 e. The fourth-order valence-electron chi connectivity index (χ4n) is 3.80. The van der Waals surface area contributed by atoms with Gasteiger partial charge in [0, 0.05) is 12.2 Å². The lowest BCUT2D eigenvalue weighted by Crippen LogP contribution is -2.18. The van der Waals surface area contributed by atoms with Crippen LogP contribution in [0, 0.1) is 0 Å². The highest BCUT2D eigenvalue weighted by molar-refractivity contribution is 5.55. The van der Waals surface area contributed by atoms with E-state index in [0.29, 0.717) is 5.92 Å². The molecule has 4 rings (SSSR count). The summed E-state index contributed by atoms with van der Waals surface area (Å²) >= 11 is 0. The molecule has 1 aliphatic heterocycles. The van der Waals surface area contributed by atoms with Crippen LogP contribution in [0.15, 0.2) is 42.5 Å². The third-order valence-electron chi connectivity index (χ3n) is 4.85. The number of benzene rings is 2. The number of anilines is 1. The van der Waals surface area contributed by atoms with Crippen LogP contribution in [-0.4, -0.2) is 6.54 Å². The van der Waals surface area contributed by atoms with E-state index in [1.165, 1.54) is 48.9 Å². The number of rotatable bonds is 2. The number of nitrogens with one attached hydrogen (secondary N) is 1. The molecule has 0 amide bonds. The van der Waals surface area contributed by atoms with Crippen molar-refractivity contribution in [3.05, 3.63) is 64.7 Å². The molecule has 0 spiro atoms. The first-order valence-electron chi connectivity index (χ1n) is 7.83. The first kappa shape index (κ1) is 12.0. The van der Waals surface area contributed by atoms with Gasteiger partial charge in [-0.2, -0.15) is 0 Å². The highest BCUT2D eigenvalue weighted by Gasteiger charge is 2.20. The van der Waals surface area contributed by atoms with E-state index < -0.39 is 0 Å². The van der Waals surface area contributed by atoms with Crippen molar-refractivity contribution in [2.75, 3.05) is 11.9 Å². The summed E-state index contributed by atoms with van der Waals surface area (Å²) in [6.07, 6.45) is 6.34. The summed E-state index contributed by atoms with van der Waals surface area (Å²) in [5.74, 6) is 0.673. The topological polar surface area (TPSA) is 12.0 Å². The Morgan fingerprint density at radius 3 is 2.90 bits per heavy atom. The van der Waals surface area contributed by atoms with Crippen LogP contribution in [0.5, 0.6) is 0 Å². The molecular formula is C19H21N. The average molecular weight is 263 g/mol. The molecule has 1 nitrogen and oxygen atoms in total. The second kappa shape index (κ2) is 4.97. The Kier molecular flexibility index (Phi) is 2.99. The summed E-state index contributed by atoms with van der Waals surface area (Å²) in [6, 6.07) is 16.0. The first-order chi connectivity index (χ1) is 9.90. The van der Waals surface area contributed by atoms with Gasteiger partial charge >= 0.3 is 0 Å². The zero-order chi connectivity index (χ0) is 13.4. The van der Waals surface area contributed by atoms with E-state index in [1.54, 1.807) is 11.1 Å². The molecule has 1 heterocycles. The van der Waals surface area contributed by atoms with Crippen LogP contribution in [0.25, 0.3) is 0 Å². The van der Waals surface area contributed by atoms with Gasteiger partial charge in [0.1, 0.15) is 0 Å². The normalized spacial score (nSPS) is 20.1. The predicted octanol–water partition coefficient (Wildman–Crippen LogP) is 4.32. The lowest BCUT2D eigenvalue weighted by atomic mass is 9.85. The van der Waals surface area contributed by atoms with Crippen molar-refractivity contribution in [2.24, 2.45) is 0 Å². The van der Waals surface area contributed by atoms with Crippen LogP contribution >= 0.6 is 0 Å². The SMILES string of the molecule is c1ccc2c(c1)NCCC2Cc1ccc2c(c1)CCC2. The monoisotopic (exact) mass is 263 g/mol. The van der Waals surface area contributed by atoms with Crippen molar-refractivity contribution in [2.45, 2.75) is 38.0 Å². The summed E-state index contributed by atoms with van der Waals surface area (Å²) < 4.78 is 0. The quantitative estimate of drug-likeness (QED) is 0.851. The lowest BCUT2D eigenvalue weighted by molar-refractivity contribution is 0.624. The van der Waals surface area contributed by atoms with Gasteiger partial charge in [-0.1, -0.05) is 36.4 Å². The van der Waals surface area contributed by atoms with Gasteiger partial charge in [-0.3, -0.25) is 0 Å². The molecule has 102 valence electrons. The van der Waals surface area contributed by atoms with Crippen molar-refractivity contribution >= 4 is 5.69 Å². The summed E-state index contributed by atoms with van der Waals surface area (Å²) in [4.78, 5) is 0. The van der Waals surface area contributed by atoms with Gasteiger partial charge < -0.3 is 5.32 Å². The van der Waals surface area contributed by atoms with Gasteiger partial charge in [0.05, 0.1) is 0 Å². The van der Waals surface area contributed by atoms with Crippen LogP contribution in [-0.2, 0) is 19.3 Å². The Morgan fingerprint density at radius 2 is 1.90 bits per heavy atom. The van der Waals surface area contributed by atoms with E-state index in [4.69, 9.17) is 0 Å². The molecule has 0 saturated heterocycles. The molecule has 1 N–H and O–H groups in total. The third kappa shape index (κ3) is 2.11. The summed E-state index contributed by atoms with van der Waals surface area (Å²) in [6.45, 7) is 1.10. The first-order valence-corrected chi connectivity index (χ1v) is 7.83. The molecule has 0 fully saturated rings. The minimum absolute atomic E-state index is 0.673. The zero-order valence-electron chi connectivity index (χ0n) is 11.9. The number of aryl methyl sites for hydroxylation is 2. The highest BCUT2D eigenvalue weighted by atomic mass is 14.9. The Balaban J connectivity index is 1.61. The molecule has 1 unspecified atom stereocenters. The molecule has 2 aromatic carbocycles. The Morgan fingerprint density at radius 1 is 1.00 bits per heavy atom. The summed E-state index contributed by atoms with van der Waals surface area (Å²) in [7, 11) is 0. The predicted molar refractivity (Wildman–Crippen MR) is 84.5 cm³/mol. The maximum absolute atomic E-state index is 3.52. The van der Waals surface area contributed by atoms with E-state index in [0.717, 1.165) is 6.54 Å². The molecule has 0 radical (unpaired) electrons. The largest absolute Gasteiger partial charge is 0.385 e. The van der Waals surface area contributed by atoms with Gasteiger partial charge in [-0.25, -0.2) is 0 Å². The second-order valence-electron chi connectivity index (χ2n) is 6.16. The molecule has 1 heteroatoms. The molecule has 1 atom stereocenters. The third-order valence-corrected chi connectivity index (χ3v) is 4.85. The molecular weight excluding hydrogens is 242 g/mol. The van der Waals surface area contributed by atoms with Crippen LogP contribution in [0.2, 0.25) is 0 Å². The highest BCUT2D eigenvalue weighted by Crippen LogP contribution is 2.34. The molecule has 1 aliphatic carbocycles. The van der Waals surface area contributed by atoms with Crippen molar-refractivity contribution < 1.29 is 0 Å². The van der Waals surface area contributed by atoms with Crippen molar-refractivity contribution in [1.29, 1.82) is 0 Å². The van der Waals surface area contributed by atoms with Crippen LogP contribution < -0.4 is 5.32 Å². The lowest BCUT2D eigenvalue weighted by Gasteiger charge is -2.27. The zero-order valence-corrected chi connectivity index (χ0v) is 11.9. The van der Waals surface area contributed by atoms with Crippen molar-refractivity contribution in [3.8, 4) is 0 Å². The van der Waals surface area contributed by atoms with Crippen molar-refractivity contribution in [3.63, 3.8) is 0 Å². The summed E-state index contributed by atoms with van der Waals surface area (Å²) in [5, 5.41) is 3.52. The van der Waals surface area contributed by atoms with Crippen molar-refractivity contribution in [1.82, 2.24) is 0 Å². The molecule has 2 aliphatic rings. The fourth-order valence-corrected chi connectivity index (χ4v) is 3.80. The molecule has 2 aromatic rings. The number of para-hydroxylation sites is 1. The standard InChI is InChI=1S/C19H21N/c1-2-7-19-18(6-1)17(10-11-20-19)13-14-8-9-15-4-3-5-16(15)12-14/h1-2,6-9,12,17,20H,3-5,10-11,13H2. The molecule has 20 heavy (non-hydrogen) atoms. The van der Waals surface area contributed by atoms with Gasteiger partial charge in [0.15, 0.2) is 0 Å². The number of fused-ring (bicyclic) bond motifs is 2. The van der Waals surface area contributed by atoms with Crippen LogP contribution in [0.1, 0.15) is 41.0 Å². The minimum atomic E-state index is 0.673. The van der Waals surface area contributed by atoms with E-state index in [1.807, 2.05) is 0 Å². The molecule has 0 saturated carbocycles. The molecule has 0 bridgehead atoms. The van der Waals surface area contributed by atoms with Gasteiger partial charge in [0.2, 0.25) is 0 Å². The smallest absolute Gasteiger partial charge is 0.0375 e. The minimum Gasteiger partial charge on any atom is -0.385 e. The fraction of sp³-hybridized carbons (Fsp3) is 0.368. The average Bonchev–Trinajstić information content (AvgIpc) is 2.95. The second-order valence-corrected chi connectivity index (χ2v) is 6.16. The van der Waals surface area contributed by atoms with Gasteiger partial charge in [0.25, 0.3) is 0 Å². The van der Waals surface area contributed by atoms with Gasteiger partial charge in [-0.15, -0.1) is 0 Å². The maximum atomic E-state index is 3.52. The Labute approximate surface area is 121 Å². The Hall–Kier alpha value is -1.76. The molecule has 0 aromatic heterocycles.